The van der Waals surface area contributed by atoms with Gasteiger partial charge in [-0.3, -0.25) is 19.3 Å². The fraction of sp³-hybridized carbons (Fsp3) is 0.387. The summed E-state index contributed by atoms with van der Waals surface area (Å²) in [6.07, 6.45) is 0.169. The van der Waals surface area contributed by atoms with E-state index < -0.39 is 63.8 Å². The molecule has 8 N–H and O–H groups in total. The Hall–Kier alpha value is -4.75. The number of aliphatic hydroxyl groups excluding tert-OH is 2. The smallest absolute Gasteiger partial charge is 0.255 e. The fourth-order valence-electron chi connectivity index (χ4n) is 6.88. The van der Waals surface area contributed by atoms with E-state index in [0.29, 0.717) is 22.6 Å². The van der Waals surface area contributed by atoms with Crippen LogP contribution in [0.3, 0.4) is 0 Å². The number of benzene rings is 2. The second kappa shape index (κ2) is 10.8. The molecule has 0 saturated heterocycles. The quantitative estimate of drug-likeness (QED) is 0.176. The molecule has 2 aromatic carbocycles. The Morgan fingerprint density at radius 1 is 1.11 bits per heavy atom. The molecule has 3 aliphatic carbocycles. The number of ether oxygens (including phenoxy) is 1. The Labute approximate surface area is 253 Å². The third-order valence-corrected chi connectivity index (χ3v) is 8.91. The number of hydrogen-bond acceptors (Lipinski definition) is 12. The van der Waals surface area contributed by atoms with Gasteiger partial charge in [-0.2, -0.15) is 0 Å². The molecule has 13 nitrogen and oxygen atoms in total. The van der Waals surface area contributed by atoms with Crippen LogP contribution >= 0.6 is 0 Å². The lowest BCUT2D eigenvalue weighted by Crippen LogP contribution is -2.63. The highest BCUT2D eigenvalue weighted by atomic mass is 16.5. The summed E-state index contributed by atoms with van der Waals surface area (Å²) >= 11 is 0. The zero-order valence-electron chi connectivity index (χ0n) is 25.0. The number of aliphatic hydroxyl groups is 3. The van der Waals surface area contributed by atoms with E-state index in [1.165, 1.54) is 18.1 Å². The first kappa shape index (κ1) is 30.7. The lowest BCUT2D eigenvalue weighted by molar-refractivity contribution is -0.148. The number of nitrogens with two attached hydrogens (primary N) is 1. The topological polar surface area (TPSA) is 206 Å². The third-order valence-electron chi connectivity index (χ3n) is 8.91. The number of phenolic OH excluding ortho intramolecular Hbond substituents is 2. The van der Waals surface area contributed by atoms with E-state index >= 15 is 0 Å². The van der Waals surface area contributed by atoms with Crippen LogP contribution in [0.4, 0.5) is 11.4 Å². The number of aromatic hydroxyl groups is 2. The van der Waals surface area contributed by atoms with Gasteiger partial charge in [0.1, 0.15) is 22.8 Å². The third kappa shape index (κ3) is 4.42. The maximum atomic E-state index is 14.2. The average Bonchev–Trinajstić information content (AvgIpc) is 2.94. The molecule has 4 atom stereocenters. The molecular formula is C31H36N4O9. The molecule has 44 heavy (non-hydrogen) atoms. The number of ketones is 2. The lowest BCUT2D eigenvalue weighted by atomic mass is 9.58. The molecule has 1 amide bonds. The van der Waals surface area contributed by atoms with Gasteiger partial charge in [0.2, 0.25) is 5.78 Å². The number of hydrogen-bond donors (Lipinski definition) is 7. The van der Waals surface area contributed by atoms with Crippen molar-refractivity contribution in [3.05, 3.63) is 63.6 Å². The molecule has 13 heteroatoms. The van der Waals surface area contributed by atoms with Gasteiger partial charge < -0.3 is 46.2 Å². The number of primary amides is 1. The molecule has 2 aromatic rings. The molecule has 234 valence electrons. The van der Waals surface area contributed by atoms with Gasteiger partial charge in [-0.05, 0) is 62.2 Å². The maximum Gasteiger partial charge on any atom is 0.255 e. The average molecular weight is 609 g/mol. The summed E-state index contributed by atoms with van der Waals surface area (Å²) in [7, 11) is 8.15. The molecular weight excluding hydrogens is 572 g/mol. The van der Waals surface area contributed by atoms with Crippen molar-refractivity contribution in [1.29, 1.82) is 0 Å². The Morgan fingerprint density at radius 3 is 2.36 bits per heavy atom. The van der Waals surface area contributed by atoms with Crippen molar-refractivity contribution in [3.8, 4) is 17.2 Å². The van der Waals surface area contributed by atoms with Gasteiger partial charge in [-0.15, -0.1) is 0 Å². The normalized spacial score (nSPS) is 24.6. The van der Waals surface area contributed by atoms with Crippen molar-refractivity contribution in [2.24, 2.45) is 17.6 Å². The second-order valence-corrected chi connectivity index (χ2v) is 11.9. The molecule has 3 aliphatic rings. The fourth-order valence-corrected chi connectivity index (χ4v) is 6.88. The molecule has 0 fully saturated rings. The maximum absolute atomic E-state index is 14.2. The standard InChI is InChI=1S/C31H36N4O9/c1-34(2)18-11-17(33-12-13-6-7-20(44-5)19(36)8-13)25(37)22-15(18)9-14-10-16-24(35(3)4)27(39)23(30(32)42)29(41)31(16,43)28(40)21(14)26(22)38/h6-8,11,14,16,24,33,36-37,39-40,43H,9-10,12H2,1-5H3,(H2,32,42)/t14-,16-,24-,31-/m0/s1. The molecule has 0 spiro atoms. The zero-order valence-corrected chi connectivity index (χ0v) is 25.0. The van der Waals surface area contributed by atoms with Crippen LogP contribution in [-0.2, 0) is 22.6 Å². The summed E-state index contributed by atoms with van der Waals surface area (Å²) in [5, 5.41) is 58.9. The summed E-state index contributed by atoms with van der Waals surface area (Å²) in [6, 6.07) is 5.45. The number of carbonyl (C=O) groups excluding carboxylic acids is 3. The molecule has 0 saturated carbocycles. The van der Waals surface area contributed by atoms with Crippen molar-refractivity contribution in [3.63, 3.8) is 0 Å². The van der Waals surface area contributed by atoms with Gasteiger partial charge in [0.15, 0.2) is 22.9 Å². The van der Waals surface area contributed by atoms with Crippen molar-refractivity contribution in [2.75, 3.05) is 45.5 Å². The molecule has 0 unspecified atom stereocenters. The monoisotopic (exact) mass is 608 g/mol. The number of rotatable bonds is 7. The minimum atomic E-state index is -2.71. The number of nitrogens with zero attached hydrogens (tertiary/aromatic N) is 2. The highest BCUT2D eigenvalue weighted by molar-refractivity contribution is 6.25. The van der Waals surface area contributed by atoms with Crippen LogP contribution in [0.15, 0.2) is 46.9 Å². The van der Waals surface area contributed by atoms with Crippen LogP contribution in [0.1, 0.15) is 27.9 Å². The summed E-state index contributed by atoms with van der Waals surface area (Å²) < 4.78 is 5.08. The van der Waals surface area contributed by atoms with Crippen LogP contribution in [0, 0.1) is 11.8 Å². The van der Waals surface area contributed by atoms with Crippen molar-refractivity contribution < 1.29 is 44.7 Å². The van der Waals surface area contributed by atoms with Gasteiger partial charge in [0, 0.05) is 37.8 Å². The van der Waals surface area contributed by atoms with Crippen LogP contribution in [0.5, 0.6) is 17.2 Å². The number of amides is 1. The van der Waals surface area contributed by atoms with Crippen LogP contribution in [0.2, 0.25) is 0 Å². The number of nitrogens with one attached hydrogen (secondary N) is 1. The second-order valence-electron chi connectivity index (χ2n) is 11.9. The predicted octanol–water partition coefficient (Wildman–Crippen LogP) is 1.51. The van der Waals surface area contributed by atoms with Gasteiger partial charge >= 0.3 is 0 Å². The van der Waals surface area contributed by atoms with E-state index in [0.717, 1.165) is 0 Å². The number of methoxy groups -OCH3 is 1. The first-order valence-corrected chi connectivity index (χ1v) is 14.0. The summed E-state index contributed by atoms with van der Waals surface area (Å²) in [5.41, 5.74) is 3.49. The van der Waals surface area contributed by atoms with Crippen molar-refractivity contribution in [2.45, 2.75) is 31.0 Å². The number of anilines is 2. The highest BCUT2D eigenvalue weighted by Crippen LogP contribution is 2.54. The number of carbonyl (C=O) groups is 3. The Bertz CT molecular complexity index is 1660. The van der Waals surface area contributed by atoms with Gasteiger partial charge in [-0.1, -0.05) is 6.07 Å². The van der Waals surface area contributed by atoms with Crippen LogP contribution < -0.4 is 20.7 Å². The van der Waals surface area contributed by atoms with E-state index in [9.17, 15) is 39.9 Å². The van der Waals surface area contributed by atoms with Gasteiger partial charge in [-0.25, -0.2) is 0 Å². The lowest BCUT2D eigenvalue weighted by Gasteiger charge is -2.50. The van der Waals surface area contributed by atoms with Crippen LogP contribution in [-0.4, -0.2) is 94.8 Å². The van der Waals surface area contributed by atoms with E-state index in [-0.39, 0.29) is 42.0 Å². The summed E-state index contributed by atoms with van der Waals surface area (Å²) in [6.45, 7) is 0.162. The Morgan fingerprint density at radius 2 is 1.80 bits per heavy atom. The molecule has 0 bridgehead atoms. The first-order valence-electron chi connectivity index (χ1n) is 14.0. The molecule has 0 heterocycles. The number of fused-ring (bicyclic) bond motifs is 3. The highest BCUT2D eigenvalue weighted by Gasteiger charge is 2.63. The zero-order chi connectivity index (χ0) is 32.4. The first-order chi connectivity index (χ1) is 20.6. The number of Topliss-reactive ketones (excluding diaryl/α,β-unsaturated/α-hetero) is 2. The van der Waals surface area contributed by atoms with Gasteiger partial charge in [0.25, 0.3) is 5.91 Å². The van der Waals surface area contributed by atoms with Crippen molar-refractivity contribution >= 4 is 28.8 Å². The minimum absolute atomic E-state index is 0.000354. The van der Waals surface area contributed by atoms with Gasteiger partial charge in [0.05, 0.1) is 24.4 Å². The van der Waals surface area contributed by atoms with Crippen LogP contribution in [0.25, 0.3) is 0 Å². The van der Waals surface area contributed by atoms with Crippen molar-refractivity contribution in [1.82, 2.24) is 4.90 Å². The van der Waals surface area contributed by atoms with E-state index in [1.54, 1.807) is 51.3 Å². The predicted molar refractivity (Wildman–Crippen MR) is 160 cm³/mol. The number of phenols is 2. The number of allylic oxidation sites excluding steroid dienone is 1. The summed E-state index contributed by atoms with van der Waals surface area (Å²) in [5.74, 6) is -6.82. The Balaban J connectivity index is 1.62. The van der Waals surface area contributed by atoms with E-state index in [1.807, 2.05) is 0 Å². The van der Waals surface area contributed by atoms with E-state index in [4.69, 9.17) is 10.5 Å². The molecule has 0 aliphatic heterocycles. The Kier molecular flexibility index (Phi) is 7.50. The van der Waals surface area contributed by atoms with E-state index in [2.05, 4.69) is 5.32 Å². The SMILES string of the molecule is COc1ccc(CNc2cc(N(C)C)c3c(c2O)C(=O)C2=C(O)[C@]4(O)C(=O)C(C(N)=O)=C(O)[C@@H](N(C)C)[C@@H]4C[C@@H]2C3)cc1O. The largest absolute Gasteiger partial charge is 0.510 e. The summed E-state index contributed by atoms with van der Waals surface area (Å²) in [4.78, 5) is 43.2. The molecule has 0 aromatic heterocycles. The molecule has 0 radical (unpaired) electrons. The molecule has 5 rings (SSSR count). The minimum Gasteiger partial charge on any atom is -0.510 e. The number of likely N-dealkylation sites (N-methyl/N-ethyl adjacent to an activating group) is 1.